The maximum atomic E-state index is 12.3. The predicted molar refractivity (Wildman–Crippen MR) is 90.8 cm³/mol. The molecule has 0 N–H and O–H groups in total. The lowest BCUT2D eigenvalue weighted by Gasteiger charge is -2.21. The smallest absolute Gasteiger partial charge is 0.223 e. The zero-order chi connectivity index (χ0) is 17.0. The largest absolute Gasteiger partial charge is 0.341 e. The lowest BCUT2D eigenvalue weighted by molar-refractivity contribution is -0.132. The van der Waals surface area contributed by atoms with E-state index in [0.717, 1.165) is 21.7 Å². The third-order valence-electron chi connectivity index (χ3n) is 4.20. The summed E-state index contributed by atoms with van der Waals surface area (Å²) in [5.41, 5.74) is 0.749. The van der Waals surface area contributed by atoms with Crippen molar-refractivity contribution in [1.29, 1.82) is 0 Å². The fraction of sp³-hybridized carbons (Fsp3) is 0.588. The van der Waals surface area contributed by atoms with Crippen LogP contribution in [-0.2, 0) is 9.59 Å². The molecule has 1 aromatic rings. The first-order valence-corrected chi connectivity index (χ1v) is 8.83. The molecule has 1 fully saturated rings. The van der Waals surface area contributed by atoms with Gasteiger partial charge in [0.05, 0.1) is 0 Å². The van der Waals surface area contributed by atoms with Crippen LogP contribution in [0.25, 0.3) is 0 Å². The highest BCUT2D eigenvalue weighted by molar-refractivity contribution is 7.12. The molecule has 6 heteroatoms. The number of rotatable bonds is 4. The summed E-state index contributed by atoms with van der Waals surface area (Å²) in [6, 6.07) is 1.91. The molecule has 0 aromatic carbocycles. The average molecular weight is 336 g/mol. The summed E-state index contributed by atoms with van der Waals surface area (Å²) < 4.78 is 0. The molecule has 2 heterocycles. The molecule has 126 valence electrons. The van der Waals surface area contributed by atoms with Crippen molar-refractivity contribution in [2.24, 2.45) is 0 Å². The second-order valence-electron chi connectivity index (χ2n) is 5.99. The molecule has 23 heavy (non-hydrogen) atoms. The Bertz CT molecular complexity index is 609. The van der Waals surface area contributed by atoms with Crippen LogP contribution in [0, 0.1) is 13.8 Å². The Labute approximate surface area is 141 Å². The van der Waals surface area contributed by atoms with E-state index in [1.54, 1.807) is 28.1 Å². The minimum absolute atomic E-state index is 0.00774. The Kier molecular flexibility index (Phi) is 5.93. The number of nitrogens with zero attached hydrogens (tertiary/aromatic N) is 2. The number of hydrogen-bond donors (Lipinski definition) is 0. The van der Waals surface area contributed by atoms with Crippen molar-refractivity contribution in [3.05, 3.63) is 21.4 Å². The van der Waals surface area contributed by atoms with Crippen molar-refractivity contribution in [2.45, 2.75) is 40.0 Å². The molecule has 0 aliphatic carbocycles. The van der Waals surface area contributed by atoms with Crippen LogP contribution < -0.4 is 0 Å². The molecular formula is C17H24N2O3S. The molecule has 0 atom stereocenters. The third kappa shape index (κ3) is 4.64. The van der Waals surface area contributed by atoms with E-state index < -0.39 is 0 Å². The van der Waals surface area contributed by atoms with Gasteiger partial charge in [-0.3, -0.25) is 14.4 Å². The minimum atomic E-state index is 0.00774. The van der Waals surface area contributed by atoms with Crippen LogP contribution in [0.1, 0.15) is 46.3 Å². The van der Waals surface area contributed by atoms with Crippen LogP contribution in [-0.4, -0.2) is 53.6 Å². The quantitative estimate of drug-likeness (QED) is 0.794. The molecule has 0 radical (unpaired) electrons. The van der Waals surface area contributed by atoms with Crippen molar-refractivity contribution < 1.29 is 14.4 Å². The number of carbonyl (C=O) groups is 3. The van der Waals surface area contributed by atoms with Crippen molar-refractivity contribution >= 4 is 28.9 Å². The Morgan fingerprint density at radius 2 is 1.70 bits per heavy atom. The highest BCUT2D eigenvalue weighted by atomic mass is 32.1. The van der Waals surface area contributed by atoms with Gasteiger partial charge in [-0.15, -0.1) is 11.3 Å². The maximum absolute atomic E-state index is 12.3. The molecule has 5 nitrogen and oxygen atoms in total. The van der Waals surface area contributed by atoms with E-state index in [2.05, 4.69) is 0 Å². The third-order valence-corrected chi connectivity index (χ3v) is 5.17. The number of thiophene rings is 1. The molecule has 1 aliphatic heterocycles. The highest BCUT2D eigenvalue weighted by Gasteiger charge is 2.21. The zero-order valence-corrected chi connectivity index (χ0v) is 14.9. The van der Waals surface area contributed by atoms with Crippen LogP contribution in [0.2, 0.25) is 0 Å². The number of carbonyl (C=O) groups excluding carboxylic acids is 3. The lowest BCUT2D eigenvalue weighted by Crippen LogP contribution is -2.36. The molecule has 0 unspecified atom stereocenters. The van der Waals surface area contributed by atoms with Crippen LogP contribution in [0.5, 0.6) is 0 Å². The molecule has 0 bridgehead atoms. The Hall–Kier alpha value is -1.69. The van der Waals surface area contributed by atoms with E-state index in [9.17, 15) is 14.4 Å². The summed E-state index contributed by atoms with van der Waals surface area (Å²) in [4.78, 5) is 41.7. The van der Waals surface area contributed by atoms with Crippen molar-refractivity contribution in [1.82, 2.24) is 9.80 Å². The molecule has 0 spiro atoms. The first-order valence-electron chi connectivity index (χ1n) is 8.02. The Morgan fingerprint density at radius 3 is 2.30 bits per heavy atom. The molecule has 1 aliphatic rings. The van der Waals surface area contributed by atoms with Gasteiger partial charge in [-0.05, 0) is 26.3 Å². The highest BCUT2D eigenvalue weighted by Crippen LogP contribution is 2.22. The SMILES string of the molecule is CC(=O)N1CCCN(C(=O)CCC(=O)c2cc(C)sc2C)CC1. The summed E-state index contributed by atoms with van der Waals surface area (Å²) in [7, 11) is 0. The number of aryl methyl sites for hydroxylation is 2. The van der Waals surface area contributed by atoms with Gasteiger partial charge in [0.2, 0.25) is 11.8 Å². The molecule has 2 amide bonds. The van der Waals surface area contributed by atoms with Crippen LogP contribution in [0.15, 0.2) is 6.07 Å². The van der Waals surface area contributed by atoms with Crippen molar-refractivity contribution in [3.8, 4) is 0 Å². The Balaban J connectivity index is 1.86. The van der Waals surface area contributed by atoms with E-state index in [1.165, 1.54) is 0 Å². The second-order valence-corrected chi connectivity index (χ2v) is 7.45. The van der Waals surface area contributed by atoms with E-state index in [-0.39, 0.29) is 30.4 Å². The van der Waals surface area contributed by atoms with Gasteiger partial charge in [0.25, 0.3) is 0 Å². The molecule has 2 rings (SSSR count). The maximum Gasteiger partial charge on any atom is 0.223 e. The van der Waals surface area contributed by atoms with Crippen molar-refractivity contribution in [3.63, 3.8) is 0 Å². The number of amides is 2. The van der Waals surface area contributed by atoms with Gasteiger partial charge in [-0.25, -0.2) is 0 Å². The molecule has 1 saturated heterocycles. The molecule has 1 aromatic heterocycles. The van der Waals surface area contributed by atoms with Gasteiger partial charge in [0, 0.05) is 61.3 Å². The van der Waals surface area contributed by atoms with Gasteiger partial charge in [0.1, 0.15) is 0 Å². The minimum Gasteiger partial charge on any atom is -0.341 e. The standard InChI is InChI=1S/C17H24N2O3S/c1-12-11-15(13(2)23-12)16(21)5-6-17(22)19-8-4-7-18(9-10-19)14(3)20/h11H,4-10H2,1-3H3. The zero-order valence-electron chi connectivity index (χ0n) is 14.1. The fourth-order valence-corrected chi connectivity index (χ4v) is 3.85. The van der Waals surface area contributed by atoms with Gasteiger partial charge in [0.15, 0.2) is 5.78 Å². The Morgan fingerprint density at radius 1 is 1.04 bits per heavy atom. The van der Waals surface area contributed by atoms with E-state index in [0.29, 0.717) is 26.2 Å². The van der Waals surface area contributed by atoms with Gasteiger partial charge >= 0.3 is 0 Å². The number of hydrogen-bond acceptors (Lipinski definition) is 4. The predicted octanol–water partition coefficient (Wildman–Crippen LogP) is 2.41. The monoisotopic (exact) mass is 336 g/mol. The van der Waals surface area contributed by atoms with Crippen LogP contribution in [0.3, 0.4) is 0 Å². The summed E-state index contributed by atoms with van der Waals surface area (Å²) in [6.45, 7) is 7.98. The topological polar surface area (TPSA) is 57.7 Å². The normalized spacial score (nSPS) is 15.4. The summed E-state index contributed by atoms with van der Waals surface area (Å²) in [5, 5.41) is 0. The summed E-state index contributed by atoms with van der Waals surface area (Å²) in [6.07, 6.45) is 1.29. The van der Waals surface area contributed by atoms with Gasteiger partial charge in [-0.2, -0.15) is 0 Å². The average Bonchev–Trinajstić information content (AvgIpc) is 2.71. The molecular weight excluding hydrogens is 312 g/mol. The van der Waals surface area contributed by atoms with E-state index >= 15 is 0 Å². The van der Waals surface area contributed by atoms with E-state index in [1.807, 2.05) is 19.9 Å². The fourth-order valence-electron chi connectivity index (χ4n) is 2.90. The number of ketones is 1. The first-order chi connectivity index (χ1) is 10.9. The van der Waals surface area contributed by atoms with Crippen LogP contribution in [0.4, 0.5) is 0 Å². The van der Waals surface area contributed by atoms with E-state index in [4.69, 9.17) is 0 Å². The second kappa shape index (κ2) is 7.73. The van der Waals surface area contributed by atoms with Gasteiger partial charge < -0.3 is 9.80 Å². The summed E-state index contributed by atoms with van der Waals surface area (Å²) in [5.74, 6) is 0.103. The lowest BCUT2D eigenvalue weighted by atomic mass is 10.1. The van der Waals surface area contributed by atoms with Crippen LogP contribution >= 0.6 is 11.3 Å². The van der Waals surface area contributed by atoms with Gasteiger partial charge in [-0.1, -0.05) is 0 Å². The van der Waals surface area contributed by atoms with Crippen molar-refractivity contribution in [2.75, 3.05) is 26.2 Å². The molecule has 0 saturated carbocycles. The summed E-state index contributed by atoms with van der Waals surface area (Å²) >= 11 is 1.61. The first kappa shape index (κ1) is 17.7. The number of Topliss-reactive ketones (excluding diaryl/α,β-unsaturated/α-hetero) is 1.